The van der Waals surface area contributed by atoms with Crippen molar-refractivity contribution in [3.8, 4) is 17.6 Å². The zero-order chi connectivity index (χ0) is 23.1. The molecule has 0 unspecified atom stereocenters. The van der Waals surface area contributed by atoms with Gasteiger partial charge in [-0.05, 0) is 65.1 Å². The number of para-hydroxylation sites is 1. The number of methoxy groups -OCH3 is 1. The molecule has 1 N–H and O–H groups in total. The van der Waals surface area contributed by atoms with Crippen LogP contribution in [0.2, 0.25) is 0 Å². The van der Waals surface area contributed by atoms with E-state index >= 15 is 0 Å². The van der Waals surface area contributed by atoms with E-state index in [0.29, 0.717) is 5.69 Å². The Morgan fingerprint density at radius 1 is 1.06 bits per heavy atom. The molecule has 0 radical (unpaired) electrons. The molecule has 3 aromatic carbocycles. The largest absolute Gasteiger partial charge is 0.493 e. The number of carbonyl (C=O) groups excluding carboxylic acids is 1. The maximum absolute atomic E-state index is 12.7. The summed E-state index contributed by atoms with van der Waals surface area (Å²) < 4.78 is 37.0. The average Bonchev–Trinajstić information content (AvgIpc) is 2.78. The van der Waals surface area contributed by atoms with Gasteiger partial charge in [-0.1, -0.05) is 36.4 Å². The summed E-state index contributed by atoms with van der Waals surface area (Å²) in [4.78, 5) is 12.6. The van der Waals surface area contributed by atoms with Gasteiger partial charge in [0.25, 0.3) is 5.91 Å². The molecule has 9 heteroatoms. The Kier molecular flexibility index (Phi) is 7.50. The van der Waals surface area contributed by atoms with Crippen LogP contribution in [-0.4, -0.2) is 21.4 Å². The second kappa shape index (κ2) is 10.3. The van der Waals surface area contributed by atoms with Crippen LogP contribution in [0.4, 0.5) is 5.69 Å². The van der Waals surface area contributed by atoms with Crippen molar-refractivity contribution in [1.82, 2.24) is 0 Å². The first-order valence-electron chi connectivity index (χ1n) is 9.19. The fourth-order valence-corrected chi connectivity index (χ4v) is 4.24. The number of amides is 1. The minimum Gasteiger partial charge on any atom is -0.493 e. The summed E-state index contributed by atoms with van der Waals surface area (Å²) in [6.45, 7) is 0. The molecular weight excluding hydrogens is 543 g/mol. The summed E-state index contributed by atoms with van der Waals surface area (Å²) in [5.74, 6) is -0.642. The predicted molar refractivity (Wildman–Crippen MR) is 129 cm³/mol. The molecule has 0 saturated carbocycles. The molecule has 3 aromatic rings. The van der Waals surface area contributed by atoms with Gasteiger partial charge in [0.2, 0.25) is 0 Å². The molecule has 1 amide bonds. The molecule has 0 fully saturated rings. The molecular formula is C23H17IN2O5S. The quantitative estimate of drug-likeness (QED) is 0.196. The number of ether oxygens (including phenoxy) is 1. The topological polar surface area (TPSA) is 105 Å². The number of anilines is 1. The molecule has 162 valence electrons. The van der Waals surface area contributed by atoms with Crippen molar-refractivity contribution in [2.45, 2.75) is 4.90 Å². The standard InChI is InChI=1S/C23H17IN2O5S/c1-30-21-12-5-7-16(22(21)31-32(28,29)20-10-3-2-4-11-20)13-17(15-25)23(27)26-19-9-6-8-18(24)14-19/h2-14H,1H3,(H,26,27)/b17-13+. The number of hydrogen-bond donors (Lipinski definition) is 1. The van der Waals surface area contributed by atoms with E-state index in [1.165, 1.54) is 37.5 Å². The van der Waals surface area contributed by atoms with Gasteiger partial charge >= 0.3 is 10.1 Å². The van der Waals surface area contributed by atoms with Crippen molar-refractivity contribution >= 4 is 50.4 Å². The van der Waals surface area contributed by atoms with Crippen LogP contribution in [-0.2, 0) is 14.9 Å². The smallest absolute Gasteiger partial charge is 0.339 e. The minimum absolute atomic E-state index is 0.0437. The van der Waals surface area contributed by atoms with Gasteiger partial charge in [-0.3, -0.25) is 4.79 Å². The van der Waals surface area contributed by atoms with Gasteiger partial charge in [0, 0.05) is 14.8 Å². The molecule has 0 atom stereocenters. The lowest BCUT2D eigenvalue weighted by Gasteiger charge is -2.13. The molecule has 7 nitrogen and oxygen atoms in total. The monoisotopic (exact) mass is 560 g/mol. The van der Waals surface area contributed by atoms with Crippen molar-refractivity contribution in [1.29, 1.82) is 5.26 Å². The van der Waals surface area contributed by atoms with Gasteiger partial charge in [0.15, 0.2) is 11.5 Å². The van der Waals surface area contributed by atoms with Crippen LogP contribution < -0.4 is 14.2 Å². The normalized spacial score (nSPS) is 11.3. The Bertz CT molecular complexity index is 1320. The first-order chi connectivity index (χ1) is 15.3. The Hall–Kier alpha value is -3.36. The lowest BCUT2D eigenvalue weighted by atomic mass is 10.1. The van der Waals surface area contributed by atoms with Crippen LogP contribution in [0.15, 0.2) is 83.3 Å². The molecule has 0 aliphatic heterocycles. The lowest BCUT2D eigenvalue weighted by molar-refractivity contribution is -0.112. The first kappa shape index (κ1) is 23.3. The highest BCUT2D eigenvalue weighted by atomic mass is 127. The number of benzene rings is 3. The molecule has 0 aliphatic rings. The summed E-state index contributed by atoms with van der Waals surface area (Å²) >= 11 is 2.11. The third kappa shape index (κ3) is 5.66. The van der Waals surface area contributed by atoms with Crippen molar-refractivity contribution in [3.63, 3.8) is 0 Å². The SMILES string of the molecule is COc1cccc(/C=C(\C#N)C(=O)Nc2cccc(I)c2)c1OS(=O)(=O)c1ccccc1. The highest BCUT2D eigenvalue weighted by Gasteiger charge is 2.22. The first-order valence-corrected chi connectivity index (χ1v) is 11.7. The summed E-state index contributed by atoms with van der Waals surface area (Å²) in [7, 11) is -2.82. The number of nitrogens with zero attached hydrogens (tertiary/aromatic N) is 1. The second-order valence-electron chi connectivity index (χ2n) is 6.36. The number of hydrogen-bond acceptors (Lipinski definition) is 6. The van der Waals surface area contributed by atoms with Crippen LogP contribution in [0.5, 0.6) is 11.5 Å². The van der Waals surface area contributed by atoms with Crippen molar-refractivity contribution < 1.29 is 22.1 Å². The number of nitriles is 1. The third-order valence-electron chi connectivity index (χ3n) is 4.20. The Balaban J connectivity index is 1.99. The van der Waals surface area contributed by atoms with Gasteiger partial charge in [0.1, 0.15) is 16.5 Å². The molecule has 32 heavy (non-hydrogen) atoms. The van der Waals surface area contributed by atoms with E-state index in [0.717, 1.165) is 3.57 Å². The third-order valence-corrected chi connectivity index (χ3v) is 6.11. The lowest BCUT2D eigenvalue weighted by Crippen LogP contribution is -2.14. The molecule has 0 saturated heterocycles. The minimum atomic E-state index is -4.18. The number of nitrogens with one attached hydrogen (secondary N) is 1. The van der Waals surface area contributed by atoms with E-state index < -0.39 is 16.0 Å². The Morgan fingerprint density at radius 3 is 2.44 bits per heavy atom. The highest BCUT2D eigenvalue weighted by molar-refractivity contribution is 14.1. The second-order valence-corrected chi connectivity index (χ2v) is 9.16. The van der Waals surface area contributed by atoms with Crippen LogP contribution in [0, 0.1) is 14.9 Å². The van der Waals surface area contributed by atoms with Crippen molar-refractivity contribution in [3.05, 3.63) is 87.5 Å². The summed E-state index contributed by atoms with van der Waals surface area (Å²) in [5, 5.41) is 12.2. The van der Waals surface area contributed by atoms with E-state index in [9.17, 15) is 18.5 Å². The fraction of sp³-hybridized carbons (Fsp3) is 0.0435. The van der Waals surface area contributed by atoms with E-state index in [2.05, 4.69) is 27.9 Å². The average molecular weight is 560 g/mol. The summed E-state index contributed by atoms with van der Waals surface area (Å²) in [6.07, 6.45) is 1.25. The van der Waals surface area contributed by atoms with Gasteiger partial charge in [-0.25, -0.2) is 0 Å². The fourth-order valence-electron chi connectivity index (χ4n) is 2.71. The van der Waals surface area contributed by atoms with Crippen molar-refractivity contribution in [2.75, 3.05) is 12.4 Å². The van der Waals surface area contributed by atoms with Crippen LogP contribution >= 0.6 is 22.6 Å². The van der Waals surface area contributed by atoms with Crippen LogP contribution in [0.3, 0.4) is 0 Å². The zero-order valence-electron chi connectivity index (χ0n) is 16.8. The zero-order valence-corrected chi connectivity index (χ0v) is 19.8. The summed E-state index contributed by atoms with van der Waals surface area (Å²) in [6, 6.07) is 21.2. The number of halogens is 1. The van der Waals surface area contributed by atoms with Crippen LogP contribution in [0.1, 0.15) is 5.56 Å². The van der Waals surface area contributed by atoms with E-state index in [1.807, 2.05) is 12.1 Å². The van der Waals surface area contributed by atoms with Gasteiger partial charge in [-0.15, -0.1) is 0 Å². The Labute approximate surface area is 199 Å². The molecule has 0 aromatic heterocycles. The number of carbonyl (C=O) groups is 1. The summed E-state index contributed by atoms with van der Waals surface area (Å²) in [5.41, 5.74) is 0.481. The molecule has 0 heterocycles. The van der Waals surface area contributed by atoms with E-state index in [4.69, 9.17) is 8.92 Å². The molecule has 0 aliphatic carbocycles. The van der Waals surface area contributed by atoms with Crippen LogP contribution in [0.25, 0.3) is 6.08 Å². The van der Waals surface area contributed by atoms with Crippen molar-refractivity contribution in [2.24, 2.45) is 0 Å². The van der Waals surface area contributed by atoms with E-state index in [-0.39, 0.29) is 27.5 Å². The Morgan fingerprint density at radius 2 is 1.78 bits per heavy atom. The highest BCUT2D eigenvalue weighted by Crippen LogP contribution is 2.35. The number of rotatable bonds is 7. The molecule has 0 bridgehead atoms. The van der Waals surface area contributed by atoms with Gasteiger partial charge in [-0.2, -0.15) is 13.7 Å². The molecule has 0 spiro atoms. The van der Waals surface area contributed by atoms with E-state index in [1.54, 1.807) is 42.5 Å². The molecule has 3 rings (SSSR count). The maximum Gasteiger partial charge on any atom is 0.339 e. The van der Waals surface area contributed by atoms with Gasteiger partial charge in [0.05, 0.1) is 7.11 Å². The predicted octanol–water partition coefficient (Wildman–Crippen LogP) is 4.61. The van der Waals surface area contributed by atoms with Gasteiger partial charge < -0.3 is 14.2 Å². The maximum atomic E-state index is 12.7.